The molecular formula is C9H13F3N2OS. The molecule has 0 aliphatic rings. The average Bonchev–Trinajstić information content (AvgIpc) is 2.63. The maximum absolute atomic E-state index is 11.7. The molecule has 1 heterocycles. The number of rotatable bonds is 6. The van der Waals surface area contributed by atoms with Gasteiger partial charge in [0.05, 0.1) is 12.3 Å². The van der Waals surface area contributed by atoms with Crippen molar-refractivity contribution >= 4 is 16.5 Å². The quantitative estimate of drug-likeness (QED) is 0.792. The van der Waals surface area contributed by atoms with E-state index in [2.05, 4.69) is 15.0 Å². The van der Waals surface area contributed by atoms with E-state index in [1.165, 1.54) is 11.3 Å². The van der Waals surface area contributed by atoms with Crippen LogP contribution in [0.1, 0.15) is 12.6 Å². The molecule has 3 nitrogen and oxygen atoms in total. The number of hydrogen-bond acceptors (Lipinski definition) is 4. The Bertz CT molecular complexity index is 314. The van der Waals surface area contributed by atoms with Crippen molar-refractivity contribution in [3.63, 3.8) is 0 Å². The van der Waals surface area contributed by atoms with Crippen molar-refractivity contribution < 1.29 is 17.9 Å². The maximum Gasteiger partial charge on any atom is 0.411 e. The summed E-state index contributed by atoms with van der Waals surface area (Å²) in [7, 11) is 0. The molecule has 16 heavy (non-hydrogen) atoms. The molecule has 0 aliphatic heterocycles. The number of ether oxygens (including phenoxy) is 1. The van der Waals surface area contributed by atoms with Crippen LogP contribution in [0.15, 0.2) is 5.38 Å². The third kappa shape index (κ3) is 5.32. The molecule has 0 aromatic carbocycles. The summed E-state index contributed by atoms with van der Waals surface area (Å²) in [6.45, 7) is 1.13. The van der Waals surface area contributed by atoms with Crippen LogP contribution in [0.2, 0.25) is 0 Å². The highest BCUT2D eigenvalue weighted by molar-refractivity contribution is 7.13. The second-order valence-corrected chi connectivity index (χ2v) is 3.95. The van der Waals surface area contributed by atoms with E-state index in [-0.39, 0.29) is 6.61 Å². The Balaban J connectivity index is 2.11. The fourth-order valence-electron chi connectivity index (χ4n) is 0.969. The standard InChI is InChI=1S/C9H13F3N2OS/c1-2-7-5-16-8(14-7)13-3-4-15-6-9(10,11)12/h5H,2-4,6H2,1H3,(H,13,14). The minimum Gasteiger partial charge on any atom is -0.370 e. The van der Waals surface area contributed by atoms with Crippen LogP contribution in [0.3, 0.4) is 0 Å². The number of aryl methyl sites for hydroxylation is 1. The first-order chi connectivity index (χ1) is 7.51. The van der Waals surface area contributed by atoms with Crippen molar-refractivity contribution in [2.75, 3.05) is 25.1 Å². The summed E-state index contributed by atoms with van der Waals surface area (Å²) < 4.78 is 39.5. The smallest absolute Gasteiger partial charge is 0.370 e. The van der Waals surface area contributed by atoms with Gasteiger partial charge >= 0.3 is 6.18 Å². The van der Waals surface area contributed by atoms with Gasteiger partial charge < -0.3 is 10.1 Å². The van der Waals surface area contributed by atoms with Gasteiger partial charge in [-0.15, -0.1) is 11.3 Å². The lowest BCUT2D eigenvalue weighted by atomic mass is 10.4. The Kier molecular flexibility index (Phi) is 5.01. The SMILES string of the molecule is CCc1csc(NCCOCC(F)(F)F)n1. The van der Waals surface area contributed by atoms with Crippen molar-refractivity contribution in [1.29, 1.82) is 0 Å². The Hall–Kier alpha value is -0.820. The molecule has 7 heteroatoms. The van der Waals surface area contributed by atoms with Crippen molar-refractivity contribution in [2.45, 2.75) is 19.5 Å². The first-order valence-electron chi connectivity index (χ1n) is 4.84. The number of aromatic nitrogens is 1. The summed E-state index contributed by atoms with van der Waals surface area (Å²) in [6.07, 6.45) is -3.40. The van der Waals surface area contributed by atoms with Gasteiger partial charge in [0.1, 0.15) is 6.61 Å². The zero-order valence-electron chi connectivity index (χ0n) is 8.80. The van der Waals surface area contributed by atoms with Crippen LogP contribution in [0.4, 0.5) is 18.3 Å². The molecule has 0 unspecified atom stereocenters. The largest absolute Gasteiger partial charge is 0.411 e. The molecule has 0 saturated heterocycles. The molecule has 92 valence electrons. The van der Waals surface area contributed by atoms with E-state index in [9.17, 15) is 13.2 Å². The molecule has 0 amide bonds. The third-order valence-corrected chi connectivity index (χ3v) is 2.55. The van der Waals surface area contributed by atoms with E-state index in [1.807, 2.05) is 12.3 Å². The molecule has 1 aromatic heterocycles. The lowest BCUT2D eigenvalue weighted by Gasteiger charge is -2.07. The zero-order chi connectivity index (χ0) is 12.0. The van der Waals surface area contributed by atoms with Gasteiger partial charge in [0.25, 0.3) is 0 Å². The fraction of sp³-hybridized carbons (Fsp3) is 0.667. The summed E-state index contributed by atoms with van der Waals surface area (Å²) in [6, 6.07) is 0. The highest BCUT2D eigenvalue weighted by Crippen LogP contribution is 2.16. The minimum absolute atomic E-state index is 0.0144. The summed E-state index contributed by atoms with van der Waals surface area (Å²) in [5.41, 5.74) is 0.976. The molecule has 1 N–H and O–H groups in total. The molecule has 0 saturated carbocycles. The Labute approximate surface area is 95.6 Å². The van der Waals surface area contributed by atoms with E-state index in [4.69, 9.17) is 0 Å². The van der Waals surface area contributed by atoms with Crippen molar-refractivity contribution in [1.82, 2.24) is 4.98 Å². The highest BCUT2D eigenvalue weighted by Gasteiger charge is 2.27. The van der Waals surface area contributed by atoms with E-state index in [0.29, 0.717) is 11.7 Å². The third-order valence-electron chi connectivity index (χ3n) is 1.70. The predicted octanol–water partition coefficient (Wildman–Crippen LogP) is 2.70. The van der Waals surface area contributed by atoms with E-state index in [1.54, 1.807) is 0 Å². The summed E-state index contributed by atoms with van der Waals surface area (Å²) in [5.74, 6) is 0. The lowest BCUT2D eigenvalue weighted by molar-refractivity contribution is -0.172. The summed E-state index contributed by atoms with van der Waals surface area (Å²) in [5, 5.41) is 5.53. The topological polar surface area (TPSA) is 34.1 Å². The normalized spacial score (nSPS) is 11.8. The predicted molar refractivity (Wildman–Crippen MR) is 56.9 cm³/mol. The van der Waals surface area contributed by atoms with Gasteiger partial charge in [-0.3, -0.25) is 0 Å². The van der Waals surface area contributed by atoms with Crippen LogP contribution < -0.4 is 5.32 Å². The summed E-state index contributed by atoms with van der Waals surface area (Å²) in [4.78, 5) is 4.20. The molecule has 0 spiro atoms. The van der Waals surface area contributed by atoms with E-state index < -0.39 is 12.8 Å². The Morgan fingerprint density at radius 1 is 1.50 bits per heavy atom. The zero-order valence-corrected chi connectivity index (χ0v) is 9.62. The van der Waals surface area contributed by atoms with Crippen molar-refractivity contribution in [2.24, 2.45) is 0 Å². The van der Waals surface area contributed by atoms with Crippen LogP contribution in [0, 0.1) is 0 Å². The number of thiazole rings is 1. The number of halogens is 3. The van der Waals surface area contributed by atoms with Gasteiger partial charge in [-0.2, -0.15) is 13.2 Å². The second kappa shape index (κ2) is 6.05. The second-order valence-electron chi connectivity index (χ2n) is 3.09. The van der Waals surface area contributed by atoms with Gasteiger partial charge in [-0.1, -0.05) is 6.92 Å². The van der Waals surface area contributed by atoms with Crippen LogP contribution in [-0.4, -0.2) is 30.9 Å². The lowest BCUT2D eigenvalue weighted by Crippen LogP contribution is -2.20. The number of hydrogen-bond donors (Lipinski definition) is 1. The minimum atomic E-state index is -4.25. The number of alkyl halides is 3. The van der Waals surface area contributed by atoms with Crippen LogP contribution >= 0.6 is 11.3 Å². The summed E-state index contributed by atoms with van der Waals surface area (Å²) >= 11 is 1.44. The Morgan fingerprint density at radius 2 is 2.25 bits per heavy atom. The monoisotopic (exact) mass is 254 g/mol. The number of nitrogens with zero attached hydrogens (tertiary/aromatic N) is 1. The molecule has 0 fully saturated rings. The first-order valence-corrected chi connectivity index (χ1v) is 5.72. The van der Waals surface area contributed by atoms with Gasteiger partial charge in [-0.05, 0) is 6.42 Å². The van der Waals surface area contributed by atoms with E-state index in [0.717, 1.165) is 12.1 Å². The molecule has 0 atom stereocenters. The average molecular weight is 254 g/mol. The molecule has 1 aromatic rings. The molecule has 0 aliphatic carbocycles. The molecule has 1 rings (SSSR count). The fourth-order valence-corrected chi connectivity index (χ4v) is 1.79. The van der Waals surface area contributed by atoms with Crippen molar-refractivity contribution in [3.05, 3.63) is 11.1 Å². The number of anilines is 1. The molecule has 0 radical (unpaired) electrons. The van der Waals surface area contributed by atoms with Gasteiger partial charge in [0.2, 0.25) is 0 Å². The molecular weight excluding hydrogens is 241 g/mol. The highest BCUT2D eigenvalue weighted by atomic mass is 32.1. The van der Waals surface area contributed by atoms with Crippen LogP contribution in [0.25, 0.3) is 0 Å². The number of nitrogens with one attached hydrogen (secondary N) is 1. The van der Waals surface area contributed by atoms with Gasteiger partial charge in [0.15, 0.2) is 5.13 Å². The Morgan fingerprint density at radius 3 is 2.81 bits per heavy atom. The maximum atomic E-state index is 11.7. The van der Waals surface area contributed by atoms with Gasteiger partial charge in [-0.25, -0.2) is 4.98 Å². The van der Waals surface area contributed by atoms with Crippen molar-refractivity contribution in [3.8, 4) is 0 Å². The van der Waals surface area contributed by atoms with Crippen LogP contribution in [-0.2, 0) is 11.2 Å². The first kappa shape index (κ1) is 13.2. The molecule has 0 bridgehead atoms. The van der Waals surface area contributed by atoms with Gasteiger partial charge in [0, 0.05) is 11.9 Å². The van der Waals surface area contributed by atoms with Crippen LogP contribution in [0.5, 0.6) is 0 Å². The van der Waals surface area contributed by atoms with E-state index >= 15 is 0 Å².